The van der Waals surface area contributed by atoms with Crippen molar-refractivity contribution in [2.45, 2.75) is 25.4 Å². The summed E-state index contributed by atoms with van der Waals surface area (Å²) in [6.07, 6.45) is 0.873. The van der Waals surface area contributed by atoms with Gasteiger partial charge in [-0.25, -0.2) is 0 Å². The molecule has 1 fully saturated rings. The molecule has 0 bridgehead atoms. The smallest absolute Gasteiger partial charge is 0.189 e. The van der Waals surface area contributed by atoms with Gasteiger partial charge in [0.2, 0.25) is 0 Å². The standard InChI is InChI=1S/C23H30N4O2.HI/c1-17-6-8-18(9-7-17)21(27-11-14-28-15-12-27)16-25-23(24)26-20-10-13-29-22-5-3-2-4-19(20)22;/h2-9,20-21H,10-16H2,1H3,(H3,24,25,26);1H. The molecule has 4 rings (SSSR count). The van der Waals surface area contributed by atoms with Gasteiger partial charge in [0, 0.05) is 25.1 Å². The normalized spacial score (nSPS) is 20.4. The van der Waals surface area contributed by atoms with Gasteiger partial charge in [0.1, 0.15) is 5.75 Å². The van der Waals surface area contributed by atoms with Gasteiger partial charge in [0.15, 0.2) is 5.96 Å². The van der Waals surface area contributed by atoms with Crippen molar-refractivity contribution in [1.29, 1.82) is 0 Å². The van der Waals surface area contributed by atoms with E-state index in [1.54, 1.807) is 0 Å². The third-order valence-electron chi connectivity index (χ3n) is 5.66. The minimum atomic E-state index is 0. The predicted octanol–water partition coefficient (Wildman–Crippen LogP) is 3.41. The fraction of sp³-hybridized carbons (Fsp3) is 0.435. The maximum absolute atomic E-state index is 6.30. The van der Waals surface area contributed by atoms with Crippen LogP contribution in [0.25, 0.3) is 0 Å². The van der Waals surface area contributed by atoms with E-state index in [2.05, 4.69) is 47.5 Å². The lowest BCUT2D eigenvalue weighted by atomic mass is 10.0. The van der Waals surface area contributed by atoms with E-state index in [-0.39, 0.29) is 36.1 Å². The number of fused-ring (bicyclic) bond motifs is 1. The Morgan fingerprint density at radius 2 is 1.87 bits per heavy atom. The van der Waals surface area contributed by atoms with Crippen LogP contribution in [0.3, 0.4) is 0 Å². The molecule has 0 aliphatic carbocycles. The van der Waals surface area contributed by atoms with Gasteiger partial charge in [-0.05, 0) is 18.6 Å². The second-order valence-corrected chi connectivity index (χ2v) is 7.67. The van der Waals surface area contributed by atoms with Crippen LogP contribution < -0.4 is 15.8 Å². The van der Waals surface area contributed by atoms with Crippen LogP contribution in [0, 0.1) is 6.92 Å². The lowest BCUT2D eigenvalue weighted by molar-refractivity contribution is 0.0180. The van der Waals surface area contributed by atoms with Gasteiger partial charge in [-0.2, -0.15) is 0 Å². The Balaban J connectivity index is 0.00000256. The molecule has 0 aromatic heterocycles. The van der Waals surface area contributed by atoms with Crippen molar-refractivity contribution in [2.75, 3.05) is 39.5 Å². The highest BCUT2D eigenvalue weighted by Crippen LogP contribution is 2.31. The Kier molecular flexibility index (Phi) is 8.35. The second kappa shape index (κ2) is 11.0. The van der Waals surface area contributed by atoms with E-state index in [0.29, 0.717) is 19.1 Å². The third kappa shape index (κ3) is 5.65. The average Bonchev–Trinajstić information content (AvgIpc) is 2.76. The van der Waals surface area contributed by atoms with Crippen molar-refractivity contribution in [3.8, 4) is 5.75 Å². The number of rotatable bonds is 5. The maximum atomic E-state index is 6.30. The van der Waals surface area contributed by atoms with Crippen molar-refractivity contribution in [3.05, 3.63) is 65.2 Å². The van der Waals surface area contributed by atoms with Gasteiger partial charge in [-0.1, -0.05) is 48.0 Å². The summed E-state index contributed by atoms with van der Waals surface area (Å²) in [5.74, 6) is 1.41. The van der Waals surface area contributed by atoms with E-state index in [1.807, 2.05) is 18.2 Å². The number of hydrogen-bond donors (Lipinski definition) is 2. The number of para-hydroxylation sites is 1. The second-order valence-electron chi connectivity index (χ2n) is 7.67. The van der Waals surface area contributed by atoms with E-state index in [0.717, 1.165) is 44.0 Å². The molecule has 2 aromatic rings. The molecular weight excluding hydrogens is 491 g/mol. The van der Waals surface area contributed by atoms with Crippen LogP contribution in [0.2, 0.25) is 0 Å². The fourth-order valence-electron chi connectivity index (χ4n) is 4.01. The Hall–Kier alpha value is -1.84. The number of guanidine groups is 1. The highest BCUT2D eigenvalue weighted by atomic mass is 127. The number of ether oxygens (including phenoxy) is 2. The quantitative estimate of drug-likeness (QED) is 0.358. The number of nitrogens with one attached hydrogen (secondary N) is 1. The molecule has 1 saturated heterocycles. The molecule has 0 spiro atoms. The number of nitrogens with two attached hydrogens (primary N) is 1. The largest absolute Gasteiger partial charge is 0.493 e. The molecule has 6 nitrogen and oxygen atoms in total. The van der Waals surface area contributed by atoms with Gasteiger partial charge in [-0.3, -0.25) is 9.89 Å². The van der Waals surface area contributed by atoms with Crippen LogP contribution in [0.1, 0.15) is 35.2 Å². The van der Waals surface area contributed by atoms with Crippen LogP contribution >= 0.6 is 24.0 Å². The van der Waals surface area contributed by atoms with E-state index in [1.165, 1.54) is 11.1 Å². The molecule has 7 heteroatoms. The van der Waals surface area contributed by atoms with Gasteiger partial charge in [0.05, 0.1) is 38.4 Å². The highest BCUT2D eigenvalue weighted by Gasteiger charge is 2.24. The first-order valence-electron chi connectivity index (χ1n) is 10.4. The molecule has 2 aliphatic rings. The van der Waals surface area contributed by atoms with Crippen molar-refractivity contribution in [1.82, 2.24) is 10.2 Å². The SMILES string of the molecule is Cc1ccc(C(CN=C(N)NC2CCOc3ccccc32)N2CCOCC2)cc1.I. The van der Waals surface area contributed by atoms with Crippen LogP contribution in [0.15, 0.2) is 53.5 Å². The number of halogens is 1. The van der Waals surface area contributed by atoms with Gasteiger partial charge in [0.25, 0.3) is 0 Å². The molecule has 0 saturated carbocycles. The summed E-state index contributed by atoms with van der Waals surface area (Å²) < 4.78 is 11.3. The summed E-state index contributed by atoms with van der Waals surface area (Å²) in [7, 11) is 0. The molecule has 0 radical (unpaired) electrons. The fourth-order valence-corrected chi connectivity index (χ4v) is 4.01. The lowest BCUT2D eigenvalue weighted by Crippen LogP contribution is -2.41. The van der Waals surface area contributed by atoms with Crippen LogP contribution in [0.4, 0.5) is 0 Å². The zero-order valence-corrected chi connectivity index (χ0v) is 19.8. The molecule has 2 aliphatic heterocycles. The molecule has 3 N–H and O–H groups in total. The van der Waals surface area contributed by atoms with Gasteiger partial charge < -0.3 is 20.5 Å². The van der Waals surface area contributed by atoms with Crippen molar-refractivity contribution >= 4 is 29.9 Å². The monoisotopic (exact) mass is 522 g/mol. The van der Waals surface area contributed by atoms with E-state index >= 15 is 0 Å². The summed E-state index contributed by atoms with van der Waals surface area (Å²) in [6.45, 7) is 6.76. The summed E-state index contributed by atoms with van der Waals surface area (Å²) in [5, 5.41) is 3.40. The van der Waals surface area contributed by atoms with E-state index in [9.17, 15) is 0 Å². The number of morpholine rings is 1. The molecule has 30 heavy (non-hydrogen) atoms. The highest BCUT2D eigenvalue weighted by molar-refractivity contribution is 14.0. The first-order chi connectivity index (χ1) is 14.2. The number of hydrogen-bond acceptors (Lipinski definition) is 4. The summed E-state index contributed by atoms with van der Waals surface area (Å²) >= 11 is 0. The topological polar surface area (TPSA) is 72.1 Å². The van der Waals surface area contributed by atoms with Crippen LogP contribution in [-0.4, -0.2) is 50.3 Å². The summed E-state index contributed by atoms with van der Waals surface area (Å²) in [5.41, 5.74) is 9.97. The predicted molar refractivity (Wildman–Crippen MR) is 131 cm³/mol. The molecule has 2 aromatic carbocycles. The van der Waals surface area contributed by atoms with Crippen molar-refractivity contribution < 1.29 is 9.47 Å². The minimum Gasteiger partial charge on any atom is -0.493 e. The molecule has 162 valence electrons. The lowest BCUT2D eigenvalue weighted by Gasteiger charge is -2.34. The number of benzene rings is 2. The zero-order valence-electron chi connectivity index (χ0n) is 17.4. The molecule has 0 amide bonds. The van der Waals surface area contributed by atoms with E-state index < -0.39 is 0 Å². The first kappa shape index (κ1) is 22.8. The Labute approximate surface area is 195 Å². The summed E-state index contributed by atoms with van der Waals surface area (Å²) in [6, 6.07) is 17.2. The molecule has 2 unspecified atom stereocenters. The number of aliphatic imine (C=N–C) groups is 1. The van der Waals surface area contributed by atoms with Crippen molar-refractivity contribution in [3.63, 3.8) is 0 Å². The Morgan fingerprint density at radius 3 is 2.63 bits per heavy atom. The molecular formula is C23H31IN4O2. The molecule has 2 heterocycles. The number of aryl methyl sites for hydroxylation is 1. The van der Waals surface area contributed by atoms with Crippen LogP contribution in [0.5, 0.6) is 5.75 Å². The first-order valence-corrected chi connectivity index (χ1v) is 10.4. The average molecular weight is 522 g/mol. The molecule has 2 atom stereocenters. The summed E-state index contributed by atoms with van der Waals surface area (Å²) in [4.78, 5) is 7.16. The van der Waals surface area contributed by atoms with Crippen LogP contribution in [-0.2, 0) is 4.74 Å². The minimum absolute atomic E-state index is 0. The maximum Gasteiger partial charge on any atom is 0.189 e. The van der Waals surface area contributed by atoms with Crippen molar-refractivity contribution in [2.24, 2.45) is 10.7 Å². The van der Waals surface area contributed by atoms with Gasteiger partial charge in [-0.15, -0.1) is 24.0 Å². The number of nitrogens with zero attached hydrogens (tertiary/aromatic N) is 2. The Bertz CT molecular complexity index is 837. The van der Waals surface area contributed by atoms with E-state index in [4.69, 9.17) is 20.2 Å². The van der Waals surface area contributed by atoms with Gasteiger partial charge >= 0.3 is 0 Å². The zero-order chi connectivity index (χ0) is 20.1. The Morgan fingerprint density at radius 1 is 1.13 bits per heavy atom. The third-order valence-corrected chi connectivity index (χ3v) is 5.66.